The van der Waals surface area contributed by atoms with Crippen LogP contribution in [0.2, 0.25) is 0 Å². The maximum Gasteiger partial charge on any atom is 0.246 e. The molecule has 2 aliphatic carbocycles. The van der Waals surface area contributed by atoms with Crippen LogP contribution in [-0.2, 0) is 4.79 Å². The second kappa shape index (κ2) is 4.47. The molecular formula is C17H21NO3. The van der Waals surface area contributed by atoms with Gasteiger partial charge in [0.15, 0.2) is 0 Å². The van der Waals surface area contributed by atoms with E-state index in [1.54, 1.807) is 17.1 Å². The molecule has 1 aliphatic heterocycles. The molecule has 0 bridgehead atoms. The Hall–Kier alpha value is -1.55. The maximum absolute atomic E-state index is 12.0. The number of rotatable bonds is 4. The summed E-state index contributed by atoms with van der Waals surface area (Å²) in [6.45, 7) is 3.17. The first kappa shape index (κ1) is 13.1. The van der Waals surface area contributed by atoms with Crippen molar-refractivity contribution in [3.05, 3.63) is 29.7 Å². The first-order valence-electron chi connectivity index (χ1n) is 7.84. The summed E-state index contributed by atoms with van der Waals surface area (Å²) in [5, 5.41) is 10.2. The summed E-state index contributed by atoms with van der Waals surface area (Å²) < 4.78 is 5.74. The van der Waals surface area contributed by atoms with E-state index in [0.29, 0.717) is 24.9 Å². The summed E-state index contributed by atoms with van der Waals surface area (Å²) in [7, 11) is 0. The van der Waals surface area contributed by atoms with Crippen LogP contribution in [-0.4, -0.2) is 34.6 Å². The minimum atomic E-state index is -0.608. The van der Waals surface area contributed by atoms with Gasteiger partial charge in [0.25, 0.3) is 0 Å². The molecule has 0 radical (unpaired) electrons. The van der Waals surface area contributed by atoms with Crippen LogP contribution >= 0.6 is 0 Å². The fourth-order valence-electron chi connectivity index (χ4n) is 3.28. The fraction of sp³-hybridized carbons (Fsp3) is 0.588. The van der Waals surface area contributed by atoms with Crippen molar-refractivity contribution in [1.29, 1.82) is 0 Å². The molecule has 3 fully saturated rings. The predicted molar refractivity (Wildman–Crippen MR) is 78.5 cm³/mol. The average Bonchev–Trinajstić information content (AvgIpc) is 3.33. The number of hydrogen-bond donors (Lipinski definition) is 1. The highest BCUT2D eigenvalue weighted by atomic mass is 16.3. The van der Waals surface area contributed by atoms with Crippen LogP contribution in [0.5, 0.6) is 0 Å². The van der Waals surface area contributed by atoms with Gasteiger partial charge in [0.1, 0.15) is 17.1 Å². The van der Waals surface area contributed by atoms with Gasteiger partial charge in [-0.2, -0.15) is 0 Å². The van der Waals surface area contributed by atoms with Gasteiger partial charge in [-0.3, -0.25) is 4.79 Å². The van der Waals surface area contributed by atoms with E-state index in [0.717, 1.165) is 30.3 Å². The molecule has 4 rings (SSSR count). The van der Waals surface area contributed by atoms with Crippen LogP contribution in [0, 0.1) is 11.8 Å². The van der Waals surface area contributed by atoms with Crippen LogP contribution in [0.15, 0.2) is 22.6 Å². The Kier molecular flexibility index (Phi) is 2.80. The second-order valence-corrected chi connectivity index (χ2v) is 6.97. The van der Waals surface area contributed by atoms with E-state index in [2.05, 4.69) is 6.92 Å². The summed E-state index contributed by atoms with van der Waals surface area (Å²) >= 11 is 0. The van der Waals surface area contributed by atoms with Gasteiger partial charge < -0.3 is 14.4 Å². The third kappa shape index (κ3) is 2.42. The van der Waals surface area contributed by atoms with E-state index in [1.165, 1.54) is 6.42 Å². The molecule has 1 N–H and O–H groups in total. The number of carbonyl (C=O) groups excluding carboxylic acids is 1. The molecule has 3 aliphatic rings. The van der Waals surface area contributed by atoms with Gasteiger partial charge in [-0.25, -0.2) is 0 Å². The number of hydrogen-bond acceptors (Lipinski definition) is 3. The van der Waals surface area contributed by atoms with Crippen molar-refractivity contribution < 1.29 is 14.3 Å². The number of β-amino-alcohol motifs (C(OH)–C–C–N with tert-alkyl or cyclic N) is 1. The largest absolute Gasteiger partial charge is 0.461 e. The zero-order valence-electron chi connectivity index (χ0n) is 12.3. The van der Waals surface area contributed by atoms with Gasteiger partial charge in [-0.15, -0.1) is 0 Å². The van der Waals surface area contributed by atoms with E-state index >= 15 is 0 Å². The van der Waals surface area contributed by atoms with E-state index in [9.17, 15) is 9.90 Å². The zero-order chi connectivity index (χ0) is 14.6. The fourth-order valence-corrected chi connectivity index (χ4v) is 3.28. The molecule has 21 heavy (non-hydrogen) atoms. The Bertz CT molecular complexity index is 593. The Morgan fingerprint density at radius 2 is 2.14 bits per heavy atom. The van der Waals surface area contributed by atoms with Gasteiger partial charge in [0.2, 0.25) is 5.91 Å². The molecule has 0 spiro atoms. The molecule has 1 aromatic rings. The smallest absolute Gasteiger partial charge is 0.246 e. The summed E-state index contributed by atoms with van der Waals surface area (Å²) in [6.07, 6.45) is 6.67. The summed E-state index contributed by atoms with van der Waals surface area (Å²) in [5.74, 6) is 3.41. The van der Waals surface area contributed by atoms with Crippen molar-refractivity contribution >= 4 is 12.0 Å². The standard InChI is InChI=1S/C17H21NO3/c1-11-8-14(11)15-6-4-13(21-15)5-7-16(19)18-9-17(20,10-18)12-2-3-12/h4-7,11-12,14,20H,2-3,8-10H2,1H3/b7-5+. The van der Waals surface area contributed by atoms with Crippen LogP contribution in [0.4, 0.5) is 0 Å². The minimum absolute atomic E-state index is 0.0435. The maximum atomic E-state index is 12.0. The Morgan fingerprint density at radius 1 is 1.43 bits per heavy atom. The highest BCUT2D eigenvalue weighted by Crippen LogP contribution is 2.47. The average molecular weight is 287 g/mol. The molecule has 112 valence electrons. The number of aliphatic hydroxyl groups is 1. The number of likely N-dealkylation sites (tertiary alicyclic amines) is 1. The normalized spacial score (nSPS) is 30.5. The third-order valence-electron chi connectivity index (χ3n) is 5.09. The number of nitrogens with zero attached hydrogens (tertiary/aromatic N) is 1. The van der Waals surface area contributed by atoms with Gasteiger partial charge >= 0.3 is 0 Å². The lowest BCUT2D eigenvalue weighted by molar-refractivity contribution is -0.154. The monoisotopic (exact) mass is 287 g/mol. The Balaban J connectivity index is 1.33. The summed E-state index contributed by atoms with van der Waals surface area (Å²) in [5.41, 5.74) is -0.608. The summed E-state index contributed by atoms with van der Waals surface area (Å²) in [4.78, 5) is 13.7. The molecule has 1 aromatic heterocycles. The van der Waals surface area contributed by atoms with Crippen molar-refractivity contribution in [1.82, 2.24) is 4.90 Å². The SMILES string of the molecule is CC1CC1c1ccc(/C=C/C(=O)N2CC(O)(C3CC3)C2)o1. The van der Waals surface area contributed by atoms with Crippen molar-refractivity contribution in [2.45, 2.75) is 37.7 Å². The zero-order valence-corrected chi connectivity index (χ0v) is 12.3. The molecule has 4 heteroatoms. The molecule has 2 saturated carbocycles. The van der Waals surface area contributed by atoms with Gasteiger partial charge in [-0.1, -0.05) is 6.92 Å². The highest BCUT2D eigenvalue weighted by Gasteiger charge is 2.52. The second-order valence-electron chi connectivity index (χ2n) is 6.97. The predicted octanol–water partition coefficient (Wildman–Crippen LogP) is 2.40. The molecule has 2 atom stereocenters. The number of carbonyl (C=O) groups is 1. The first-order chi connectivity index (χ1) is 10.0. The summed E-state index contributed by atoms with van der Waals surface area (Å²) in [6, 6.07) is 3.93. The minimum Gasteiger partial charge on any atom is -0.461 e. The van der Waals surface area contributed by atoms with Crippen molar-refractivity contribution in [3.8, 4) is 0 Å². The number of amides is 1. The highest BCUT2D eigenvalue weighted by molar-refractivity contribution is 5.92. The van der Waals surface area contributed by atoms with Gasteiger partial charge in [0.05, 0.1) is 13.1 Å². The topological polar surface area (TPSA) is 53.7 Å². The van der Waals surface area contributed by atoms with E-state index < -0.39 is 5.60 Å². The third-order valence-corrected chi connectivity index (χ3v) is 5.09. The van der Waals surface area contributed by atoms with Crippen LogP contribution in [0.25, 0.3) is 6.08 Å². The van der Waals surface area contributed by atoms with E-state index in [-0.39, 0.29) is 5.91 Å². The van der Waals surface area contributed by atoms with Crippen LogP contribution < -0.4 is 0 Å². The molecule has 1 amide bonds. The van der Waals surface area contributed by atoms with Crippen LogP contribution in [0.3, 0.4) is 0 Å². The Labute approximate surface area is 124 Å². The molecule has 4 nitrogen and oxygen atoms in total. The lowest BCUT2D eigenvalue weighted by Gasteiger charge is -2.46. The van der Waals surface area contributed by atoms with E-state index in [1.807, 2.05) is 12.1 Å². The lowest BCUT2D eigenvalue weighted by atomic mass is 9.88. The molecule has 2 heterocycles. The first-order valence-corrected chi connectivity index (χ1v) is 7.84. The van der Waals surface area contributed by atoms with Crippen molar-refractivity contribution in [2.24, 2.45) is 11.8 Å². The molecule has 2 unspecified atom stereocenters. The quantitative estimate of drug-likeness (QED) is 0.865. The van der Waals surface area contributed by atoms with Gasteiger partial charge in [0, 0.05) is 12.0 Å². The number of furan rings is 1. The van der Waals surface area contributed by atoms with Crippen molar-refractivity contribution in [2.75, 3.05) is 13.1 Å². The molecule has 1 saturated heterocycles. The Morgan fingerprint density at radius 3 is 2.76 bits per heavy atom. The molecular weight excluding hydrogens is 266 g/mol. The van der Waals surface area contributed by atoms with Crippen LogP contribution in [0.1, 0.15) is 43.6 Å². The van der Waals surface area contributed by atoms with E-state index in [4.69, 9.17) is 4.42 Å². The molecule has 0 aromatic carbocycles. The van der Waals surface area contributed by atoms with Gasteiger partial charge in [-0.05, 0) is 49.3 Å². The van der Waals surface area contributed by atoms with Crippen molar-refractivity contribution in [3.63, 3.8) is 0 Å². The lowest BCUT2D eigenvalue weighted by Crippen LogP contribution is -2.64.